The minimum Gasteiger partial charge on any atom is -0.310 e. The molecule has 0 radical (unpaired) electrons. The van der Waals surface area contributed by atoms with E-state index in [0.29, 0.717) is 0 Å². The molecule has 80 heavy (non-hydrogen) atoms. The molecule has 0 aromatic heterocycles. The van der Waals surface area contributed by atoms with Gasteiger partial charge in [-0.1, -0.05) is 222 Å². The van der Waals surface area contributed by atoms with Crippen molar-refractivity contribution in [1.82, 2.24) is 0 Å². The van der Waals surface area contributed by atoms with Crippen molar-refractivity contribution in [2.24, 2.45) is 0 Å². The zero-order chi connectivity index (χ0) is 54.6. The number of nitrogens with zero attached hydrogens (tertiary/aromatic N) is 2. The summed E-state index contributed by atoms with van der Waals surface area (Å²) in [6, 6.07) is 81.6. The van der Waals surface area contributed by atoms with E-state index in [9.17, 15) is 0 Å². The number of hydrogen-bond donors (Lipinski definition) is 0. The zero-order valence-corrected chi connectivity index (χ0v) is 47.0. The lowest BCUT2D eigenvalue weighted by Crippen LogP contribution is -2.17. The largest absolute Gasteiger partial charge is 0.310 e. The molecule has 2 heteroatoms. The summed E-state index contributed by atoms with van der Waals surface area (Å²) in [5, 5.41) is 7.72. The Bertz CT molecular complexity index is 4160. The van der Waals surface area contributed by atoms with Gasteiger partial charge < -0.3 is 9.80 Å². The molecule has 2 nitrogen and oxygen atoms in total. The van der Waals surface area contributed by atoms with Crippen LogP contribution in [0.4, 0.5) is 34.1 Å². The van der Waals surface area contributed by atoms with E-state index in [0.717, 1.165) is 0 Å². The number of anilines is 6. The number of rotatable bonds is 10. The smallest absolute Gasteiger partial charge is 0.0490 e. The molecular weight excluding hydrogens is 965 g/mol. The van der Waals surface area contributed by atoms with Crippen molar-refractivity contribution in [1.29, 1.82) is 0 Å². The average Bonchev–Trinajstić information content (AvgIpc) is 3.86. The average molecular weight is 1030 g/mol. The van der Waals surface area contributed by atoms with Crippen LogP contribution in [0.5, 0.6) is 0 Å². The summed E-state index contributed by atoms with van der Waals surface area (Å²) < 4.78 is 0. The van der Waals surface area contributed by atoms with Crippen LogP contribution >= 0.6 is 0 Å². The SMILES string of the molecule is Cc1ccccc1N(c1ccc2c(c1)C(C)(C)c1cc(/C=C/c3ccc4ccc5c(/C=C/c6ccc7c(c6)C(C)(C)c6cc(N(c8ccccc8C)c8ccccc8C)ccc6-7)ccc6ccc3c4c65)ccc1-2)c1ccccc1C. The van der Waals surface area contributed by atoms with Gasteiger partial charge in [0.2, 0.25) is 0 Å². The second kappa shape index (κ2) is 18.7. The molecule has 0 saturated carbocycles. The van der Waals surface area contributed by atoms with Crippen molar-refractivity contribution in [2.75, 3.05) is 9.80 Å². The normalized spacial score (nSPS) is 13.8. The standard InChI is InChI=1S/C78H64N2/c1-49-17-9-13-21-71(49)79(72-22-14-10-18-50(72)2)59-37-43-65-63-39-27-53(45-67(63)77(5,6)69(65)47-59)25-29-55-31-33-57-36-42-62-56(32-34-58-35-41-61(55)75(57)76(58)62)30-26-54-28-40-64-66-44-38-60(48-70(66)78(7,8)68(64)46-54)80(73-23-15-11-19-51(73)3)74-24-16-12-20-52(74)4/h9-48H,1-8H3/b29-25+,30-26+. The molecule has 0 saturated heterocycles. The fourth-order valence-electron chi connectivity index (χ4n) is 13.6. The molecule has 0 spiro atoms. The van der Waals surface area contributed by atoms with E-state index in [1.54, 1.807) is 0 Å². The Morgan fingerprint density at radius 3 is 0.963 bits per heavy atom. The number of fused-ring (bicyclic) bond motifs is 6. The monoisotopic (exact) mass is 1030 g/mol. The number of aryl methyl sites for hydroxylation is 4. The molecule has 0 amide bonds. The molecule has 14 rings (SSSR count). The van der Waals surface area contributed by atoms with Crippen LogP contribution in [0.3, 0.4) is 0 Å². The van der Waals surface area contributed by atoms with Crippen LogP contribution in [0.15, 0.2) is 218 Å². The Hall–Kier alpha value is -9.24. The van der Waals surface area contributed by atoms with Gasteiger partial charge in [-0.05, 0) is 198 Å². The molecule has 0 unspecified atom stereocenters. The maximum Gasteiger partial charge on any atom is 0.0490 e. The molecule has 12 aromatic rings. The van der Waals surface area contributed by atoms with Crippen LogP contribution in [0.25, 0.3) is 78.9 Å². The maximum atomic E-state index is 2.44. The Kier molecular flexibility index (Phi) is 11.5. The summed E-state index contributed by atoms with van der Waals surface area (Å²) in [6.07, 6.45) is 9.26. The quantitative estimate of drug-likeness (QED) is 0.0995. The van der Waals surface area contributed by atoms with Crippen molar-refractivity contribution in [3.63, 3.8) is 0 Å². The minimum absolute atomic E-state index is 0.187. The predicted molar refractivity (Wildman–Crippen MR) is 344 cm³/mol. The number of hydrogen-bond acceptors (Lipinski definition) is 2. The lowest BCUT2D eigenvalue weighted by molar-refractivity contribution is 0.660. The van der Waals surface area contributed by atoms with E-state index >= 15 is 0 Å². The van der Waals surface area contributed by atoms with Crippen molar-refractivity contribution in [3.8, 4) is 22.3 Å². The molecular formula is C78H64N2. The molecule has 0 atom stereocenters. The van der Waals surface area contributed by atoms with Crippen molar-refractivity contribution in [2.45, 2.75) is 66.2 Å². The first-order chi connectivity index (χ1) is 38.8. The summed E-state index contributed by atoms with van der Waals surface area (Å²) in [5.74, 6) is 0. The van der Waals surface area contributed by atoms with Crippen LogP contribution in [-0.2, 0) is 10.8 Å². The third kappa shape index (κ3) is 7.83. The Morgan fingerprint density at radius 2 is 0.613 bits per heavy atom. The van der Waals surface area contributed by atoms with E-state index in [4.69, 9.17) is 0 Å². The summed E-state index contributed by atoms with van der Waals surface area (Å²) in [4.78, 5) is 4.87. The van der Waals surface area contributed by atoms with Crippen molar-refractivity contribution >= 4 is 90.7 Å². The second-order valence-corrected chi connectivity index (χ2v) is 23.5. The molecule has 0 bridgehead atoms. The number of benzene rings is 12. The van der Waals surface area contributed by atoms with Gasteiger partial charge in [-0.25, -0.2) is 0 Å². The highest BCUT2D eigenvalue weighted by Crippen LogP contribution is 2.54. The zero-order valence-electron chi connectivity index (χ0n) is 47.0. The molecule has 0 heterocycles. The van der Waals surface area contributed by atoms with Crippen LogP contribution < -0.4 is 9.80 Å². The van der Waals surface area contributed by atoms with Gasteiger partial charge in [-0.3, -0.25) is 0 Å². The molecule has 12 aromatic carbocycles. The van der Waals surface area contributed by atoms with Gasteiger partial charge in [0.1, 0.15) is 0 Å². The van der Waals surface area contributed by atoms with E-state index in [1.807, 2.05) is 0 Å². The molecule has 2 aliphatic rings. The Morgan fingerprint density at radius 1 is 0.300 bits per heavy atom. The summed E-state index contributed by atoms with van der Waals surface area (Å²) in [7, 11) is 0. The van der Waals surface area contributed by atoms with Crippen molar-refractivity contribution in [3.05, 3.63) is 285 Å². The summed E-state index contributed by atoms with van der Waals surface area (Å²) in [5.41, 5.74) is 27.3. The van der Waals surface area contributed by atoms with Gasteiger partial charge in [0.15, 0.2) is 0 Å². The molecule has 0 N–H and O–H groups in total. The van der Waals surface area contributed by atoms with Gasteiger partial charge >= 0.3 is 0 Å². The highest BCUT2D eigenvalue weighted by Gasteiger charge is 2.38. The van der Waals surface area contributed by atoms with Crippen LogP contribution in [0.2, 0.25) is 0 Å². The lowest BCUT2D eigenvalue weighted by atomic mass is 9.81. The van der Waals surface area contributed by atoms with Gasteiger partial charge in [0, 0.05) is 45.0 Å². The minimum atomic E-state index is -0.187. The first kappa shape index (κ1) is 49.1. The lowest BCUT2D eigenvalue weighted by Gasteiger charge is -2.30. The maximum absolute atomic E-state index is 2.44. The molecule has 2 aliphatic carbocycles. The fraction of sp³-hybridized carbons (Fsp3) is 0.128. The van der Waals surface area contributed by atoms with Crippen LogP contribution in [-0.4, -0.2) is 0 Å². The predicted octanol–water partition coefficient (Wildman–Crippen LogP) is 21.7. The Labute approximate surface area is 471 Å². The second-order valence-electron chi connectivity index (χ2n) is 23.5. The third-order valence-corrected chi connectivity index (χ3v) is 18.0. The third-order valence-electron chi connectivity index (χ3n) is 18.0. The Balaban J connectivity index is 0.758. The van der Waals surface area contributed by atoms with Crippen molar-refractivity contribution < 1.29 is 0 Å². The van der Waals surface area contributed by atoms with E-state index in [-0.39, 0.29) is 10.8 Å². The van der Waals surface area contributed by atoms with Crippen LogP contribution in [0, 0.1) is 27.7 Å². The van der Waals surface area contributed by atoms with Gasteiger partial charge in [0.05, 0.1) is 0 Å². The number of para-hydroxylation sites is 4. The van der Waals surface area contributed by atoms with Crippen LogP contribution in [0.1, 0.15) is 94.5 Å². The molecule has 386 valence electrons. The highest BCUT2D eigenvalue weighted by atomic mass is 15.2. The highest BCUT2D eigenvalue weighted by molar-refractivity contribution is 6.25. The first-order valence-corrected chi connectivity index (χ1v) is 28.3. The van der Waals surface area contributed by atoms with E-state index in [1.165, 1.54) is 155 Å². The summed E-state index contributed by atoms with van der Waals surface area (Å²) in [6.45, 7) is 18.4. The van der Waals surface area contributed by atoms with E-state index < -0.39 is 0 Å². The van der Waals surface area contributed by atoms with Gasteiger partial charge in [0.25, 0.3) is 0 Å². The fourth-order valence-corrected chi connectivity index (χ4v) is 13.6. The first-order valence-electron chi connectivity index (χ1n) is 28.3. The van der Waals surface area contributed by atoms with Gasteiger partial charge in [-0.15, -0.1) is 0 Å². The molecule has 0 fully saturated rings. The topological polar surface area (TPSA) is 6.48 Å². The van der Waals surface area contributed by atoms with E-state index in [2.05, 4.69) is 308 Å². The molecule has 0 aliphatic heterocycles. The summed E-state index contributed by atoms with van der Waals surface area (Å²) >= 11 is 0. The van der Waals surface area contributed by atoms with Gasteiger partial charge in [-0.2, -0.15) is 0 Å².